The summed E-state index contributed by atoms with van der Waals surface area (Å²) in [7, 11) is 0. The smallest absolute Gasteiger partial charge is 0.346 e. The van der Waals surface area contributed by atoms with Crippen LogP contribution in [0.4, 0.5) is 18.9 Å². The number of allylic oxidation sites excluding steroid dienone is 1. The van der Waals surface area contributed by atoms with E-state index in [4.69, 9.17) is 0 Å². The van der Waals surface area contributed by atoms with Crippen molar-refractivity contribution in [1.29, 1.82) is 5.26 Å². The zero-order chi connectivity index (χ0) is 18.0. The Kier molecular flexibility index (Phi) is 4.32. The fourth-order valence-corrected chi connectivity index (χ4v) is 2.78. The predicted molar refractivity (Wildman–Crippen MR) is 87.0 cm³/mol. The van der Waals surface area contributed by atoms with E-state index in [1.807, 2.05) is 24.3 Å². The molecule has 0 unspecified atom stereocenters. The molecule has 0 spiro atoms. The largest absolute Gasteiger partial charge is 0.416 e. The normalized spacial score (nSPS) is 14.2. The summed E-state index contributed by atoms with van der Waals surface area (Å²) in [5.41, 5.74) is 0.725. The second-order valence-electron chi connectivity index (χ2n) is 5.63. The van der Waals surface area contributed by atoms with Crippen molar-refractivity contribution in [2.45, 2.75) is 12.6 Å². The number of benzene rings is 2. The van der Waals surface area contributed by atoms with Crippen LogP contribution < -0.4 is 4.90 Å². The Morgan fingerprint density at radius 3 is 2.64 bits per heavy atom. The summed E-state index contributed by atoms with van der Waals surface area (Å²) in [6.07, 6.45) is -2.35. The van der Waals surface area contributed by atoms with Gasteiger partial charge in [0.25, 0.3) is 0 Å². The summed E-state index contributed by atoms with van der Waals surface area (Å²) in [5.74, 6) is -0.724. The number of nitriles is 1. The first-order chi connectivity index (χ1) is 11.9. The van der Waals surface area contributed by atoms with Crippen LogP contribution in [0.25, 0.3) is 0 Å². The van der Waals surface area contributed by atoms with E-state index in [2.05, 4.69) is 0 Å². The Labute approximate surface area is 142 Å². The van der Waals surface area contributed by atoms with Gasteiger partial charge in [0, 0.05) is 24.0 Å². The van der Waals surface area contributed by atoms with E-state index in [0.29, 0.717) is 6.54 Å². The molecule has 126 valence electrons. The van der Waals surface area contributed by atoms with Crippen LogP contribution in [0, 0.1) is 11.3 Å². The first-order valence-corrected chi connectivity index (χ1v) is 7.58. The minimum atomic E-state index is -4.54. The molecule has 0 bridgehead atoms. The Morgan fingerprint density at radius 1 is 1.16 bits per heavy atom. The first-order valence-electron chi connectivity index (χ1n) is 7.58. The van der Waals surface area contributed by atoms with Crippen molar-refractivity contribution in [1.82, 2.24) is 0 Å². The maximum Gasteiger partial charge on any atom is 0.416 e. The van der Waals surface area contributed by atoms with Crippen LogP contribution in [0.1, 0.15) is 21.5 Å². The molecule has 2 aromatic rings. The van der Waals surface area contributed by atoms with Gasteiger partial charge in [0.15, 0.2) is 0 Å². The van der Waals surface area contributed by atoms with Crippen molar-refractivity contribution >= 4 is 11.5 Å². The molecule has 1 aliphatic rings. The molecule has 0 amide bonds. The van der Waals surface area contributed by atoms with Crippen LogP contribution in [-0.4, -0.2) is 12.3 Å². The average molecular weight is 342 g/mol. The number of carbonyl (C=O) groups is 1. The van der Waals surface area contributed by atoms with Gasteiger partial charge in [-0.25, -0.2) is 0 Å². The molecule has 2 aromatic carbocycles. The standard InChI is InChI=1S/C19H13F3N2O/c20-19(21,22)16-6-3-5-14(10-16)18(25)15(11-23)12-24-9-8-13-4-1-2-7-17(13)24/h1-7,10,12H,8-9H2. The number of hydrogen-bond donors (Lipinski definition) is 0. The van der Waals surface area contributed by atoms with E-state index < -0.39 is 17.5 Å². The summed E-state index contributed by atoms with van der Waals surface area (Å²) >= 11 is 0. The molecule has 0 fully saturated rings. The van der Waals surface area contributed by atoms with Crippen molar-refractivity contribution in [3.63, 3.8) is 0 Å². The number of rotatable bonds is 3. The highest BCUT2D eigenvalue weighted by molar-refractivity contribution is 6.11. The zero-order valence-corrected chi connectivity index (χ0v) is 13.0. The van der Waals surface area contributed by atoms with Gasteiger partial charge in [0.1, 0.15) is 11.6 Å². The molecule has 0 saturated carbocycles. The summed E-state index contributed by atoms with van der Waals surface area (Å²) in [6, 6.07) is 13.5. The Balaban J connectivity index is 1.92. The molecule has 0 atom stereocenters. The Morgan fingerprint density at radius 2 is 1.92 bits per heavy atom. The number of ketones is 1. The molecule has 3 nitrogen and oxygen atoms in total. The van der Waals surface area contributed by atoms with E-state index >= 15 is 0 Å². The number of fused-ring (bicyclic) bond motifs is 1. The summed E-state index contributed by atoms with van der Waals surface area (Å²) in [6.45, 7) is 0.612. The van der Waals surface area contributed by atoms with Gasteiger partial charge in [-0.2, -0.15) is 18.4 Å². The van der Waals surface area contributed by atoms with Gasteiger partial charge in [0.2, 0.25) is 5.78 Å². The van der Waals surface area contributed by atoms with Crippen molar-refractivity contribution in [2.24, 2.45) is 0 Å². The molecular formula is C19H13F3N2O. The Bertz CT molecular complexity index is 894. The van der Waals surface area contributed by atoms with Gasteiger partial charge >= 0.3 is 6.18 Å². The maximum atomic E-state index is 12.8. The third-order valence-electron chi connectivity index (χ3n) is 4.03. The van der Waals surface area contributed by atoms with Crippen LogP contribution in [-0.2, 0) is 12.6 Å². The van der Waals surface area contributed by atoms with Crippen LogP contribution >= 0.6 is 0 Å². The average Bonchev–Trinajstić information content (AvgIpc) is 3.01. The van der Waals surface area contributed by atoms with Crippen LogP contribution in [0.3, 0.4) is 0 Å². The summed E-state index contributed by atoms with van der Waals surface area (Å²) in [5, 5.41) is 9.31. The highest BCUT2D eigenvalue weighted by atomic mass is 19.4. The lowest BCUT2D eigenvalue weighted by Crippen LogP contribution is -2.16. The maximum absolute atomic E-state index is 12.8. The minimum absolute atomic E-state index is 0.157. The zero-order valence-electron chi connectivity index (χ0n) is 13.0. The molecule has 25 heavy (non-hydrogen) atoms. The lowest BCUT2D eigenvalue weighted by molar-refractivity contribution is -0.137. The van der Waals surface area contributed by atoms with Crippen molar-refractivity contribution in [3.05, 3.63) is 77.0 Å². The molecule has 0 aromatic heterocycles. The third kappa shape index (κ3) is 3.41. The van der Waals surface area contributed by atoms with Gasteiger partial charge in [-0.1, -0.05) is 30.3 Å². The molecule has 0 N–H and O–H groups in total. The fourth-order valence-electron chi connectivity index (χ4n) is 2.78. The molecule has 3 rings (SSSR count). The second kappa shape index (κ2) is 6.44. The van der Waals surface area contributed by atoms with Crippen molar-refractivity contribution in [3.8, 4) is 6.07 Å². The fraction of sp³-hybridized carbons (Fsp3) is 0.158. The van der Waals surface area contributed by atoms with Gasteiger partial charge in [-0.05, 0) is 30.2 Å². The number of alkyl halides is 3. The van der Waals surface area contributed by atoms with E-state index in [9.17, 15) is 23.2 Å². The second-order valence-corrected chi connectivity index (χ2v) is 5.63. The van der Waals surface area contributed by atoms with Crippen LogP contribution in [0.5, 0.6) is 0 Å². The molecule has 1 heterocycles. The monoisotopic (exact) mass is 342 g/mol. The number of hydrogen-bond acceptors (Lipinski definition) is 3. The van der Waals surface area contributed by atoms with E-state index in [1.165, 1.54) is 12.3 Å². The SMILES string of the molecule is N#CC(=CN1CCc2ccccc21)C(=O)c1cccc(C(F)(F)F)c1. The Hall–Kier alpha value is -3.07. The highest BCUT2D eigenvalue weighted by Gasteiger charge is 2.31. The molecule has 0 radical (unpaired) electrons. The van der Waals surface area contributed by atoms with Crippen molar-refractivity contribution < 1.29 is 18.0 Å². The number of halogens is 3. The molecule has 0 aliphatic carbocycles. The summed E-state index contributed by atoms with van der Waals surface area (Å²) in [4.78, 5) is 14.2. The van der Waals surface area contributed by atoms with Gasteiger partial charge in [-0.3, -0.25) is 4.79 Å². The first kappa shape index (κ1) is 16.8. The van der Waals surface area contributed by atoms with E-state index in [1.54, 1.807) is 11.0 Å². The van der Waals surface area contributed by atoms with Gasteiger partial charge in [-0.15, -0.1) is 0 Å². The number of Topliss-reactive ketones (excluding diaryl/α,β-unsaturated/α-hetero) is 1. The molecule has 6 heteroatoms. The molecule has 1 aliphatic heterocycles. The van der Waals surface area contributed by atoms with Crippen molar-refractivity contribution in [2.75, 3.05) is 11.4 Å². The highest BCUT2D eigenvalue weighted by Crippen LogP contribution is 2.31. The minimum Gasteiger partial charge on any atom is -0.346 e. The number of para-hydroxylation sites is 1. The topological polar surface area (TPSA) is 44.1 Å². The molecule has 0 saturated heterocycles. The van der Waals surface area contributed by atoms with Crippen LogP contribution in [0.2, 0.25) is 0 Å². The van der Waals surface area contributed by atoms with Gasteiger partial charge < -0.3 is 4.90 Å². The predicted octanol–water partition coefficient (Wildman–Crippen LogP) is 4.36. The van der Waals surface area contributed by atoms with E-state index in [0.717, 1.165) is 35.9 Å². The summed E-state index contributed by atoms with van der Waals surface area (Å²) < 4.78 is 38.4. The number of nitrogens with zero attached hydrogens (tertiary/aromatic N) is 2. The lowest BCUT2D eigenvalue weighted by atomic mass is 10.0. The molecular weight excluding hydrogens is 329 g/mol. The lowest BCUT2D eigenvalue weighted by Gasteiger charge is -2.14. The van der Waals surface area contributed by atoms with E-state index in [-0.39, 0.29) is 11.1 Å². The quantitative estimate of drug-likeness (QED) is 0.473. The third-order valence-corrected chi connectivity index (χ3v) is 4.03. The van der Waals surface area contributed by atoms with Gasteiger partial charge in [0.05, 0.1) is 5.56 Å². The number of carbonyl (C=O) groups excluding carboxylic acids is 1. The number of anilines is 1. The van der Waals surface area contributed by atoms with Crippen LogP contribution in [0.15, 0.2) is 60.3 Å².